The van der Waals surface area contributed by atoms with Gasteiger partial charge in [-0.15, -0.1) is 0 Å². The summed E-state index contributed by atoms with van der Waals surface area (Å²) in [4.78, 5) is 170. The first-order chi connectivity index (χ1) is 67.6. The topological polar surface area (TPSA) is 593 Å². The molecular weight excluding hydrogens is 2000 g/mol. The Morgan fingerprint density at radius 1 is 0.442 bits per heavy atom. The number of hydrogen-bond donors (Lipinski definition) is 11. The normalized spacial score (nSPS) is 14.0. The van der Waals surface area contributed by atoms with E-state index in [0.717, 1.165) is 78.9 Å². The van der Waals surface area contributed by atoms with Crippen molar-refractivity contribution < 1.29 is 184 Å². The second kappa shape index (κ2) is 64.7. The van der Waals surface area contributed by atoms with Crippen molar-refractivity contribution in [3.63, 3.8) is 0 Å². The first kappa shape index (κ1) is 133. The summed E-state index contributed by atoms with van der Waals surface area (Å²) in [6.07, 6.45) is -2.25. The van der Waals surface area contributed by atoms with Crippen LogP contribution in [-0.4, -0.2) is 267 Å². The van der Waals surface area contributed by atoms with Crippen molar-refractivity contribution in [2.45, 2.75) is 255 Å². The Morgan fingerprint density at radius 2 is 0.789 bits per heavy atom. The summed E-state index contributed by atoms with van der Waals surface area (Å²) in [5.41, 5.74) is 19.7. The van der Waals surface area contributed by atoms with Crippen LogP contribution in [0.4, 0.5) is 44.1 Å². The molecule has 0 unspecified atom stereocenters. The zero-order valence-electron chi connectivity index (χ0n) is 87.5. The molecule has 0 spiro atoms. The van der Waals surface area contributed by atoms with E-state index in [-0.39, 0.29) is 166 Å². The molecule has 0 aliphatic carbocycles. The molecular formula is C102H145BrF2N11NaO30. The van der Waals surface area contributed by atoms with Gasteiger partial charge in [-0.25, -0.2) is 51.9 Å². The van der Waals surface area contributed by atoms with E-state index in [1.54, 1.807) is 132 Å². The number of alkyl carbamates (subject to hydrolysis) is 2. The molecule has 7 amide bonds. The molecule has 3 fully saturated rings. The summed E-state index contributed by atoms with van der Waals surface area (Å²) in [6.45, 7) is 40.9. The molecule has 5 aliphatic rings. The van der Waals surface area contributed by atoms with Crippen LogP contribution in [0.1, 0.15) is 228 Å². The fourth-order valence-electron chi connectivity index (χ4n) is 12.8. The van der Waals surface area contributed by atoms with Gasteiger partial charge in [0.05, 0.1) is 35.9 Å². The van der Waals surface area contributed by atoms with E-state index in [1.807, 2.05) is 105 Å². The fraction of sp³-hybridized carbons (Fsp3) is 0.510. The Balaban J connectivity index is 0.000000851. The molecule has 147 heavy (non-hydrogen) atoms. The smallest absolute Gasteiger partial charge is 0.870 e. The van der Waals surface area contributed by atoms with Crippen LogP contribution in [0, 0.1) is 11.6 Å². The van der Waals surface area contributed by atoms with Crippen molar-refractivity contribution in [2.24, 2.45) is 17.2 Å². The van der Waals surface area contributed by atoms with Crippen molar-refractivity contribution in [1.82, 2.24) is 30.7 Å². The largest absolute Gasteiger partial charge is 1.00 e. The maximum Gasteiger partial charge on any atom is 1.00 e. The number of aromatic carboxylic acids is 1. The molecule has 15 N–H and O–H groups in total. The van der Waals surface area contributed by atoms with Crippen LogP contribution in [0.15, 0.2) is 138 Å². The Labute approximate surface area is 887 Å². The van der Waals surface area contributed by atoms with Crippen LogP contribution in [0.25, 0.3) is 0 Å². The number of benzene rings is 6. The summed E-state index contributed by atoms with van der Waals surface area (Å²) >= 11 is 3.16. The first-order valence-corrected chi connectivity index (χ1v) is 47.4. The molecule has 6 aromatic carbocycles. The van der Waals surface area contributed by atoms with Gasteiger partial charge in [0.1, 0.15) is 83.8 Å². The SMILES string of the molecule is CC(C)(C)OC(=O)CC[C@@H](N)C(N)=O.CC(C)(C)OC(=O)CC[C@@H](NC(=O)OCc1ccccc1)C(=O)O.CC(C)(C)OC(=O)CC[C@@H](NC(=O)OCc1ccccc1)C(N)=O.CC(C)(C)OC(=O)N1CCN(c2ccc(C(=O)O)c(CO)c2)CC1.CC(C)(C)OC(=O)N1CCN(c2ccc3c(c2)COC3=O)CC1.CC(C)(C)OC(=O)N1CCNCC1.CO.O=C1OCc2cc(F)ccc21.OCc1cc(F)ccc1Br.[Na+].[OH-]. The summed E-state index contributed by atoms with van der Waals surface area (Å²) < 4.78 is 76.6. The van der Waals surface area contributed by atoms with E-state index in [2.05, 4.69) is 46.4 Å². The van der Waals surface area contributed by atoms with E-state index in [0.29, 0.717) is 73.7 Å². The number of nitrogens with two attached hydrogens (primary N) is 3. The van der Waals surface area contributed by atoms with Gasteiger partial charge in [0.25, 0.3) is 0 Å². The number of fused-ring (bicyclic) bond motifs is 2. The minimum absolute atomic E-state index is 0. The Kier molecular flexibility index (Phi) is 58.3. The number of hydrogen-bond acceptors (Lipinski definition) is 32. The van der Waals surface area contributed by atoms with Crippen LogP contribution < -0.4 is 72.5 Å². The van der Waals surface area contributed by atoms with Crippen molar-refractivity contribution in [3.8, 4) is 0 Å². The summed E-state index contributed by atoms with van der Waals surface area (Å²) in [7, 11) is 1.00. The Hall–Kier alpha value is -12.4. The minimum atomic E-state index is -1.24. The molecule has 6 aromatic rings. The monoisotopic (exact) mass is 2140 g/mol. The third-order valence-electron chi connectivity index (χ3n) is 19.6. The number of cyclic esters (lactones) is 2. The number of anilines is 2. The quantitative estimate of drug-likeness (QED) is 0.0161. The molecule has 3 saturated heterocycles. The van der Waals surface area contributed by atoms with E-state index in [4.69, 9.17) is 80.3 Å². The molecule has 0 saturated carbocycles. The van der Waals surface area contributed by atoms with E-state index in [1.165, 1.54) is 36.4 Å². The van der Waals surface area contributed by atoms with Gasteiger partial charge in [-0.3, -0.25) is 24.0 Å². The van der Waals surface area contributed by atoms with Gasteiger partial charge in [-0.1, -0.05) is 76.6 Å². The average molecular weight is 2150 g/mol. The van der Waals surface area contributed by atoms with Crippen molar-refractivity contribution in [2.75, 3.05) is 95.4 Å². The fourth-order valence-corrected chi connectivity index (χ4v) is 13.2. The van der Waals surface area contributed by atoms with Crippen molar-refractivity contribution >= 4 is 111 Å². The van der Waals surface area contributed by atoms with E-state index < -0.39 is 94.0 Å². The zero-order chi connectivity index (χ0) is 110. The number of amides is 7. The third kappa shape index (κ3) is 55.3. The molecule has 0 radical (unpaired) electrons. The van der Waals surface area contributed by atoms with Gasteiger partial charge in [-0.2, -0.15) is 0 Å². The molecule has 5 aliphatic heterocycles. The Morgan fingerprint density at radius 3 is 1.16 bits per heavy atom. The number of aliphatic carboxylic acids is 1. The van der Waals surface area contributed by atoms with Gasteiger partial charge < -0.3 is 136 Å². The predicted molar refractivity (Wildman–Crippen MR) is 538 cm³/mol. The molecule has 3 atom stereocenters. The number of aliphatic hydroxyl groups excluding tert-OH is 3. The number of carbonyl (C=O) groups excluding carboxylic acids is 12. The molecule has 41 nitrogen and oxygen atoms in total. The van der Waals surface area contributed by atoms with Crippen LogP contribution >= 0.6 is 15.9 Å². The molecule has 45 heteroatoms. The first-order valence-electron chi connectivity index (χ1n) is 46.6. The number of primary amides is 2. The number of esters is 5. The second-order valence-corrected chi connectivity index (χ2v) is 39.6. The summed E-state index contributed by atoms with van der Waals surface area (Å²) in [5, 5.41) is 51.0. The number of carbonyl (C=O) groups is 14. The molecule has 810 valence electrons. The second-order valence-electron chi connectivity index (χ2n) is 38.8. The molecule has 11 rings (SSSR count). The van der Waals surface area contributed by atoms with Crippen LogP contribution in [-0.2, 0) is 116 Å². The number of aliphatic hydroxyl groups is 3. The van der Waals surface area contributed by atoms with Gasteiger partial charge in [0, 0.05) is 132 Å². The number of halogens is 3. The summed E-state index contributed by atoms with van der Waals surface area (Å²) in [5.74, 6) is -6.26. The summed E-state index contributed by atoms with van der Waals surface area (Å²) in [6, 6.07) is 34.0. The maximum absolute atomic E-state index is 12.5. The number of piperazine rings is 3. The van der Waals surface area contributed by atoms with Crippen LogP contribution in [0.3, 0.4) is 0 Å². The number of nitrogens with zero attached hydrogens (tertiary/aromatic N) is 5. The van der Waals surface area contributed by atoms with Gasteiger partial charge >= 0.3 is 102 Å². The Bertz CT molecular complexity index is 5100. The molecule has 0 aromatic heterocycles. The third-order valence-corrected chi connectivity index (χ3v) is 20.3. The van der Waals surface area contributed by atoms with E-state index >= 15 is 0 Å². The van der Waals surface area contributed by atoms with E-state index in [9.17, 15) is 81.0 Å². The zero-order valence-corrected chi connectivity index (χ0v) is 91.1. The minimum Gasteiger partial charge on any atom is -0.870 e. The number of nitrogens with one attached hydrogen (secondary N) is 3. The molecule has 5 heterocycles. The average Bonchev–Trinajstić information content (AvgIpc) is 1.49. The predicted octanol–water partition coefficient (Wildman–Crippen LogP) is 9.48. The van der Waals surface area contributed by atoms with Crippen LogP contribution in [0.2, 0.25) is 0 Å². The van der Waals surface area contributed by atoms with Gasteiger partial charge in [0.2, 0.25) is 11.8 Å². The number of carboxylic acids is 2. The van der Waals surface area contributed by atoms with Gasteiger partial charge in [0.15, 0.2) is 0 Å². The number of carboxylic acid groups (broad SMARTS) is 2. The standard InChI is InChI=1S/2C17H24N2O5.C17H22N2O4.C17H23NO6.C9H18N2O3.C9H18N2O2.C8H5FO2.C7H6BrFO.CH4O.Na.H2O/c1-17(2,3)24-16(23)19-8-6-18(7-9-19)13-4-5-14(15(21)22)12(10-13)11-20;1-17(2,3)24-14(20)10-9-13(15(18)21)19-16(22)23-11-12-7-5-4-6-8-12;1-17(2,3)23-16(21)19-8-6-18(7-9-19)13-4-5-14-12(10-13)11-22-15(14)20;1-17(2,3)24-14(19)10-9-13(15(20)21)18-16(22)23-11-12-7-5-4-6-8-12;1-9(2,3)14-7(12)5-4-6(10)8(11)13;1-9(2,3)13-8(12)11-6-4-10-5-7-11;9-6-1-2-7-5(3-6)4-11-8(7)10;8-7-2-1-6(9)3-5(7)4-10;1-2;;/h4-5,10,20H,6-9,11H2,1-3H3,(H,21,22);4-8,13H,9-11H2,1-3H3,(H2,18,21)(H,19,22);4-5,10H,6-9,11H2,1-3H3;4-8,13H,9-11H2,1-3H3,(H,18,22)(H,20,21);6H,4-5,10H2,1-3H3,(H2,11,13);10H,4-7H2,1-3H3;1-3H,4H2;1-3,10H,4H2;2H,1H3;;1H2/q;;;;;;;;;+1;/p-1/t;13-;;13-;6-;;;;;;/m.1.11....../s1. The van der Waals surface area contributed by atoms with Crippen LogP contribution in [0.5, 0.6) is 0 Å². The van der Waals surface area contributed by atoms with Crippen molar-refractivity contribution in [3.05, 3.63) is 200 Å². The maximum atomic E-state index is 12.5. The molecule has 0 bridgehead atoms. The number of ether oxygens (including phenoxy) is 10. The van der Waals surface area contributed by atoms with Gasteiger partial charge in [-0.05, 0) is 239 Å². The van der Waals surface area contributed by atoms with Crippen molar-refractivity contribution in [1.29, 1.82) is 0 Å². The number of rotatable bonds is 23.